The molecule has 1 aliphatic heterocycles. The minimum Gasteiger partial charge on any atom is -0.353 e. The molecule has 1 saturated heterocycles. The Hall–Kier alpha value is -1.36. The molecule has 0 aliphatic carbocycles. The molecule has 0 spiro atoms. The second kappa shape index (κ2) is 8.65. The highest BCUT2D eigenvalue weighted by atomic mass is 35.5. The predicted octanol–water partition coefficient (Wildman–Crippen LogP) is 4.11. The third-order valence-electron chi connectivity index (χ3n) is 4.43. The van der Waals surface area contributed by atoms with Crippen LogP contribution in [-0.2, 0) is 17.8 Å². The molecule has 3 nitrogen and oxygen atoms in total. The van der Waals surface area contributed by atoms with Crippen molar-refractivity contribution >= 4 is 28.8 Å². The summed E-state index contributed by atoms with van der Waals surface area (Å²) in [7, 11) is 0. The van der Waals surface area contributed by atoms with Gasteiger partial charge in [0.15, 0.2) is 0 Å². The molecule has 1 aromatic carbocycles. The van der Waals surface area contributed by atoms with Crippen molar-refractivity contribution < 1.29 is 4.79 Å². The predicted molar refractivity (Wildman–Crippen MR) is 101 cm³/mol. The quantitative estimate of drug-likeness (QED) is 0.838. The second-order valence-corrected chi connectivity index (χ2v) is 8.11. The van der Waals surface area contributed by atoms with E-state index in [9.17, 15) is 4.79 Å². The van der Waals surface area contributed by atoms with Gasteiger partial charge in [-0.3, -0.25) is 9.69 Å². The average molecular weight is 363 g/mol. The molecule has 0 atom stereocenters. The van der Waals surface area contributed by atoms with E-state index in [-0.39, 0.29) is 5.91 Å². The van der Waals surface area contributed by atoms with E-state index in [1.54, 1.807) is 11.3 Å². The van der Waals surface area contributed by atoms with E-state index >= 15 is 0 Å². The molecule has 1 N–H and O–H groups in total. The first-order valence-electron chi connectivity index (χ1n) is 8.49. The number of carbonyl (C=O) groups excluding carboxylic acids is 1. The van der Waals surface area contributed by atoms with Crippen molar-refractivity contribution in [1.82, 2.24) is 10.2 Å². The van der Waals surface area contributed by atoms with Gasteiger partial charge in [-0.2, -0.15) is 0 Å². The highest BCUT2D eigenvalue weighted by Gasteiger charge is 2.20. The summed E-state index contributed by atoms with van der Waals surface area (Å²) in [5, 5.41) is 3.19. The Kier molecular flexibility index (Phi) is 6.30. The van der Waals surface area contributed by atoms with Crippen LogP contribution in [0.2, 0.25) is 4.34 Å². The minimum absolute atomic E-state index is 0.154. The number of aryl methyl sites for hydroxylation is 1. The third-order valence-corrected chi connectivity index (χ3v) is 5.72. The summed E-state index contributed by atoms with van der Waals surface area (Å²) in [5.41, 5.74) is 1.36. The lowest BCUT2D eigenvalue weighted by molar-refractivity contribution is -0.122. The van der Waals surface area contributed by atoms with E-state index in [0.29, 0.717) is 12.5 Å². The molecule has 0 bridgehead atoms. The topological polar surface area (TPSA) is 32.3 Å². The molecule has 1 amide bonds. The summed E-state index contributed by atoms with van der Waals surface area (Å²) in [6, 6.07) is 14.8. The smallest absolute Gasteiger partial charge is 0.220 e. The lowest BCUT2D eigenvalue weighted by Gasteiger charge is -2.32. The summed E-state index contributed by atoms with van der Waals surface area (Å²) in [4.78, 5) is 15.7. The van der Waals surface area contributed by atoms with E-state index in [0.717, 1.165) is 43.2 Å². The Labute approximate surface area is 152 Å². The molecule has 0 unspecified atom stereocenters. The fourth-order valence-electron chi connectivity index (χ4n) is 3.10. The normalized spacial score (nSPS) is 16.2. The van der Waals surface area contributed by atoms with Crippen LogP contribution in [0.1, 0.15) is 29.7 Å². The molecule has 0 radical (unpaired) electrons. The summed E-state index contributed by atoms with van der Waals surface area (Å²) in [6.07, 6.45) is 3.38. The first-order valence-corrected chi connectivity index (χ1v) is 9.68. The van der Waals surface area contributed by atoms with E-state index in [1.807, 2.05) is 12.1 Å². The number of piperidine rings is 1. The number of carbonyl (C=O) groups is 1. The van der Waals surface area contributed by atoms with Gasteiger partial charge in [-0.1, -0.05) is 41.9 Å². The Morgan fingerprint density at radius 1 is 1.17 bits per heavy atom. The van der Waals surface area contributed by atoms with E-state index in [1.165, 1.54) is 10.4 Å². The standard InChI is InChI=1S/C19H23ClN2OS/c20-18-8-6-17(24-18)7-9-19(23)21-16-10-12-22(13-11-16)14-15-4-2-1-3-5-15/h1-6,8,16H,7,9-14H2,(H,21,23). The van der Waals surface area contributed by atoms with Gasteiger partial charge < -0.3 is 5.32 Å². The lowest BCUT2D eigenvalue weighted by Crippen LogP contribution is -2.44. The number of amides is 1. The van der Waals surface area contributed by atoms with Crippen LogP contribution < -0.4 is 5.32 Å². The highest BCUT2D eigenvalue weighted by Crippen LogP contribution is 2.22. The van der Waals surface area contributed by atoms with Gasteiger partial charge in [-0.25, -0.2) is 0 Å². The number of hydrogen-bond acceptors (Lipinski definition) is 3. The van der Waals surface area contributed by atoms with Crippen molar-refractivity contribution in [3.63, 3.8) is 0 Å². The first-order chi connectivity index (χ1) is 11.7. The van der Waals surface area contributed by atoms with Crippen LogP contribution in [-0.4, -0.2) is 29.9 Å². The largest absolute Gasteiger partial charge is 0.353 e. The van der Waals surface area contributed by atoms with Crippen molar-refractivity contribution in [3.8, 4) is 0 Å². The van der Waals surface area contributed by atoms with Crippen LogP contribution in [0.4, 0.5) is 0 Å². The molecular formula is C19H23ClN2OS. The zero-order valence-electron chi connectivity index (χ0n) is 13.7. The maximum atomic E-state index is 12.1. The fourth-order valence-corrected chi connectivity index (χ4v) is 4.19. The fraction of sp³-hybridized carbons (Fsp3) is 0.421. The number of nitrogens with one attached hydrogen (secondary N) is 1. The van der Waals surface area contributed by atoms with Crippen LogP contribution in [0.5, 0.6) is 0 Å². The number of thiophene rings is 1. The van der Waals surface area contributed by atoms with Crippen LogP contribution >= 0.6 is 22.9 Å². The van der Waals surface area contributed by atoms with Crippen LogP contribution in [0.3, 0.4) is 0 Å². The molecule has 5 heteroatoms. The van der Waals surface area contributed by atoms with Gasteiger partial charge in [0.25, 0.3) is 0 Å². The molecule has 24 heavy (non-hydrogen) atoms. The SMILES string of the molecule is O=C(CCc1ccc(Cl)s1)NC1CCN(Cc2ccccc2)CC1. The van der Waals surface area contributed by atoms with Crippen molar-refractivity contribution in [3.05, 3.63) is 57.2 Å². The molecule has 1 aliphatic rings. The summed E-state index contributed by atoms with van der Waals surface area (Å²) >= 11 is 7.47. The Morgan fingerprint density at radius 2 is 1.92 bits per heavy atom. The van der Waals surface area contributed by atoms with Crippen molar-refractivity contribution in [2.75, 3.05) is 13.1 Å². The van der Waals surface area contributed by atoms with Crippen molar-refractivity contribution in [1.29, 1.82) is 0 Å². The Morgan fingerprint density at radius 3 is 2.58 bits per heavy atom. The Bertz CT molecular complexity index is 650. The second-order valence-electron chi connectivity index (χ2n) is 6.31. The highest BCUT2D eigenvalue weighted by molar-refractivity contribution is 7.16. The number of nitrogens with zero attached hydrogens (tertiary/aromatic N) is 1. The van der Waals surface area contributed by atoms with Gasteiger partial charge in [0.05, 0.1) is 4.34 Å². The molecule has 2 heterocycles. The van der Waals surface area contributed by atoms with Gasteiger partial charge >= 0.3 is 0 Å². The monoisotopic (exact) mass is 362 g/mol. The van der Waals surface area contributed by atoms with Gasteiger partial charge in [0, 0.05) is 37.0 Å². The third kappa shape index (κ3) is 5.33. The van der Waals surface area contributed by atoms with E-state index in [2.05, 4.69) is 40.5 Å². The average Bonchev–Trinajstić information content (AvgIpc) is 3.01. The summed E-state index contributed by atoms with van der Waals surface area (Å²) in [6.45, 7) is 3.08. The van der Waals surface area contributed by atoms with Gasteiger partial charge in [-0.15, -0.1) is 11.3 Å². The molecule has 128 valence electrons. The molecule has 2 aromatic rings. The number of hydrogen-bond donors (Lipinski definition) is 1. The Balaban J connectivity index is 1.36. The van der Waals surface area contributed by atoms with Gasteiger partial charge in [0.2, 0.25) is 5.91 Å². The number of likely N-dealkylation sites (tertiary alicyclic amines) is 1. The van der Waals surface area contributed by atoms with Crippen LogP contribution in [0.25, 0.3) is 0 Å². The number of halogens is 1. The zero-order chi connectivity index (χ0) is 16.8. The van der Waals surface area contributed by atoms with Crippen LogP contribution in [0, 0.1) is 0 Å². The van der Waals surface area contributed by atoms with Crippen molar-refractivity contribution in [2.24, 2.45) is 0 Å². The maximum absolute atomic E-state index is 12.1. The molecule has 0 saturated carbocycles. The zero-order valence-corrected chi connectivity index (χ0v) is 15.3. The van der Waals surface area contributed by atoms with Crippen molar-refractivity contribution in [2.45, 2.75) is 38.3 Å². The number of rotatable bonds is 6. The van der Waals surface area contributed by atoms with Gasteiger partial charge in [0.1, 0.15) is 0 Å². The maximum Gasteiger partial charge on any atom is 0.220 e. The molecule has 1 fully saturated rings. The summed E-state index contributed by atoms with van der Waals surface area (Å²) in [5.74, 6) is 0.154. The van der Waals surface area contributed by atoms with Gasteiger partial charge in [-0.05, 0) is 37.0 Å². The van der Waals surface area contributed by atoms with E-state index < -0.39 is 0 Å². The summed E-state index contributed by atoms with van der Waals surface area (Å²) < 4.78 is 0.788. The first kappa shape index (κ1) is 17.5. The molecule has 3 rings (SSSR count). The lowest BCUT2D eigenvalue weighted by atomic mass is 10.0. The molecule has 1 aromatic heterocycles. The minimum atomic E-state index is 0.154. The van der Waals surface area contributed by atoms with Crippen LogP contribution in [0.15, 0.2) is 42.5 Å². The van der Waals surface area contributed by atoms with E-state index in [4.69, 9.17) is 11.6 Å². The molecular weight excluding hydrogens is 340 g/mol. The number of benzene rings is 1.